The highest BCUT2D eigenvalue weighted by Gasteiger charge is 2.35. The molecule has 2 aliphatic rings. The zero-order valence-corrected chi connectivity index (χ0v) is 19.5. The predicted molar refractivity (Wildman–Crippen MR) is 125 cm³/mol. The number of aryl methyl sites for hydroxylation is 2. The summed E-state index contributed by atoms with van der Waals surface area (Å²) in [5.74, 6) is -1.27. The minimum absolute atomic E-state index is 0.116. The number of allylic oxidation sites excluding steroid dienone is 2. The molecule has 1 saturated carbocycles. The third-order valence-corrected chi connectivity index (χ3v) is 7.02. The molecule has 0 aromatic heterocycles. The first-order valence-corrected chi connectivity index (χ1v) is 12.1. The molecular formula is C28H32F4O2. The van der Waals surface area contributed by atoms with Crippen LogP contribution in [0.3, 0.4) is 0 Å². The van der Waals surface area contributed by atoms with E-state index in [1.807, 2.05) is 0 Å². The summed E-state index contributed by atoms with van der Waals surface area (Å²) in [6, 6.07) is 17.2. The van der Waals surface area contributed by atoms with Gasteiger partial charge in [0, 0.05) is 17.8 Å². The average molecular weight is 477 g/mol. The van der Waals surface area contributed by atoms with Gasteiger partial charge >= 0.3 is 6.18 Å². The van der Waals surface area contributed by atoms with Gasteiger partial charge in [-0.3, -0.25) is 0 Å². The van der Waals surface area contributed by atoms with Crippen LogP contribution in [-0.2, 0) is 15.9 Å². The fourth-order valence-corrected chi connectivity index (χ4v) is 4.92. The van der Waals surface area contributed by atoms with Crippen LogP contribution in [0.4, 0.5) is 17.6 Å². The van der Waals surface area contributed by atoms with Crippen molar-refractivity contribution in [2.24, 2.45) is 17.8 Å². The molecule has 184 valence electrons. The second-order valence-corrected chi connectivity index (χ2v) is 9.69. The van der Waals surface area contributed by atoms with E-state index in [-0.39, 0.29) is 18.3 Å². The van der Waals surface area contributed by atoms with E-state index in [9.17, 15) is 17.6 Å². The van der Waals surface area contributed by atoms with Crippen LogP contribution in [0.15, 0.2) is 60.4 Å². The highest BCUT2D eigenvalue weighted by molar-refractivity contribution is 5.63. The molecule has 34 heavy (non-hydrogen) atoms. The molecule has 2 aromatic rings. The van der Waals surface area contributed by atoms with Gasteiger partial charge in [0.1, 0.15) is 5.83 Å². The zero-order valence-electron chi connectivity index (χ0n) is 19.5. The molecule has 0 radical (unpaired) electrons. The maximum atomic E-state index is 13.8. The topological polar surface area (TPSA) is 18.5 Å². The summed E-state index contributed by atoms with van der Waals surface area (Å²) < 4.78 is 62.9. The van der Waals surface area contributed by atoms with Crippen LogP contribution in [0.25, 0.3) is 11.1 Å². The lowest BCUT2D eigenvalue weighted by Crippen LogP contribution is -2.38. The summed E-state index contributed by atoms with van der Waals surface area (Å²) >= 11 is 0. The van der Waals surface area contributed by atoms with Crippen molar-refractivity contribution in [2.45, 2.75) is 57.9 Å². The summed E-state index contributed by atoms with van der Waals surface area (Å²) in [6.45, 7) is 3.32. The van der Waals surface area contributed by atoms with E-state index in [2.05, 4.69) is 55.5 Å². The molecule has 2 fully saturated rings. The van der Waals surface area contributed by atoms with Crippen LogP contribution in [0, 0.1) is 24.7 Å². The minimum Gasteiger partial charge on any atom is -0.352 e. The van der Waals surface area contributed by atoms with E-state index in [1.54, 1.807) is 0 Å². The van der Waals surface area contributed by atoms with Gasteiger partial charge < -0.3 is 9.47 Å². The van der Waals surface area contributed by atoms with E-state index >= 15 is 0 Å². The van der Waals surface area contributed by atoms with Crippen molar-refractivity contribution in [3.63, 3.8) is 0 Å². The van der Waals surface area contributed by atoms with E-state index in [1.165, 1.54) is 22.3 Å². The first-order chi connectivity index (χ1) is 16.3. The molecule has 0 amide bonds. The van der Waals surface area contributed by atoms with Crippen molar-refractivity contribution in [1.29, 1.82) is 0 Å². The zero-order chi connectivity index (χ0) is 24.1. The second-order valence-electron chi connectivity index (χ2n) is 9.69. The highest BCUT2D eigenvalue weighted by Crippen LogP contribution is 2.38. The Morgan fingerprint density at radius 2 is 1.44 bits per heavy atom. The maximum absolute atomic E-state index is 13.8. The van der Waals surface area contributed by atoms with Gasteiger partial charge in [0.15, 0.2) is 6.29 Å². The molecule has 4 rings (SSSR count). The molecule has 1 aliphatic carbocycles. The molecule has 0 bridgehead atoms. The number of alkyl halides is 3. The van der Waals surface area contributed by atoms with E-state index in [0.717, 1.165) is 12.8 Å². The fraction of sp³-hybridized carbons (Fsp3) is 0.500. The van der Waals surface area contributed by atoms with Crippen LogP contribution < -0.4 is 0 Å². The van der Waals surface area contributed by atoms with Crippen molar-refractivity contribution >= 4 is 0 Å². The van der Waals surface area contributed by atoms with Gasteiger partial charge in [0.05, 0.1) is 19.3 Å². The van der Waals surface area contributed by atoms with Gasteiger partial charge in [0.25, 0.3) is 0 Å². The number of hydrogen-bond acceptors (Lipinski definition) is 2. The second kappa shape index (κ2) is 11.0. The normalized spacial score (nSPS) is 26.4. The quantitative estimate of drug-likeness (QED) is 0.396. The molecule has 1 saturated heterocycles. The third-order valence-electron chi connectivity index (χ3n) is 7.02. The summed E-state index contributed by atoms with van der Waals surface area (Å²) in [5.41, 5.74) is 4.95. The molecule has 1 aliphatic heterocycles. The van der Waals surface area contributed by atoms with Crippen LogP contribution in [0.5, 0.6) is 0 Å². The molecule has 6 heteroatoms. The molecule has 0 N–H and O–H groups in total. The molecule has 2 nitrogen and oxygen atoms in total. The average Bonchev–Trinajstić information content (AvgIpc) is 2.83. The number of halogens is 4. The summed E-state index contributed by atoms with van der Waals surface area (Å²) in [5, 5.41) is 0. The Kier molecular flexibility index (Phi) is 8.10. The maximum Gasteiger partial charge on any atom is 0.412 e. The van der Waals surface area contributed by atoms with Gasteiger partial charge in [-0.25, -0.2) is 4.39 Å². The first kappa shape index (κ1) is 24.9. The molecule has 0 spiro atoms. The van der Waals surface area contributed by atoms with Crippen molar-refractivity contribution in [2.75, 3.05) is 13.2 Å². The SMILES string of the molecule is Cc1ccc(-c2ccc(CCC3COC(C4CCC(/C(F)=C/C(F)(F)F)CC4)OC3)cc2)cc1. The largest absolute Gasteiger partial charge is 0.412 e. The van der Waals surface area contributed by atoms with Gasteiger partial charge in [-0.1, -0.05) is 54.1 Å². The van der Waals surface area contributed by atoms with Gasteiger partial charge in [-0.05, 0) is 62.1 Å². The van der Waals surface area contributed by atoms with Crippen LogP contribution in [0.1, 0.15) is 43.2 Å². The third kappa shape index (κ3) is 6.92. The smallest absolute Gasteiger partial charge is 0.352 e. The van der Waals surface area contributed by atoms with Gasteiger partial charge in [0.2, 0.25) is 0 Å². The predicted octanol–water partition coefficient (Wildman–Crippen LogP) is 7.81. The van der Waals surface area contributed by atoms with Gasteiger partial charge in [-0.15, -0.1) is 0 Å². The Balaban J connectivity index is 1.18. The van der Waals surface area contributed by atoms with E-state index in [4.69, 9.17) is 9.47 Å². The number of hydrogen-bond donors (Lipinski definition) is 0. The molecule has 0 unspecified atom stereocenters. The Bertz CT molecular complexity index is 934. The monoisotopic (exact) mass is 476 g/mol. The van der Waals surface area contributed by atoms with Crippen molar-refractivity contribution in [1.82, 2.24) is 0 Å². The summed E-state index contributed by atoms with van der Waals surface area (Å²) in [4.78, 5) is 0. The van der Waals surface area contributed by atoms with Crippen LogP contribution in [-0.4, -0.2) is 25.7 Å². The number of benzene rings is 2. The number of ether oxygens (including phenoxy) is 2. The van der Waals surface area contributed by atoms with Crippen LogP contribution >= 0.6 is 0 Å². The lowest BCUT2D eigenvalue weighted by atomic mass is 9.80. The Morgan fingerprint density at radius 3 is 2.00 bits per heavy atom. The Hall–Kier alpha value is -2.18. The lowest BCUT2D eigenvalue weighted by Gasteiger charge is -2.37. The van der Waals surface area contributed by atoms with Crippen molar-refractivity contribution in [3.8, 4) is 11.1 Å². The Morgan fingerprint density at radius 1 is 0.882 bits per heavy atom. The lowest BCUT2D eigenvalue weighted by molar-refractivity contribution is -0.229. The van der Waals surface area contributed by atoms with E-state index < -0.39 is 17.9 Å². The number of rotatable bonds is 6. The van der Waals surface area contributed by atoms with Crippen LogP contribution in [0.2, 0.25) is 0 Å². The standard InChI is InChI=1S/C28H32F4O2/c1-19-2-8-22(9-3-19)23-10-6-20(7-11-23)4-5-21-17-33-27(34-18-21)25-14-12-24(13-15-25)26(29)16-28(30,31)32/h2-3,6-11,16,21,24-25,27H,4-5,12-15,17-18H2,1H3/b26-16-. The highest BCUT2D eigenvalue weighted by atomic mass is 19.4. The molecule has 2 aromatic carbocycles. The van der Waals surface area contributed by atoms with Crippen molar-refractivity contribution < 1.29 is 27.0 Å². The fourth-order valence-electron chi connectivity index (χ4n) is 4.92. The molecule has 1 heterocycles. The van der Waals surface area contributed by atoms with Gasteiger partial charge in [-0.2, -0.15) is 13.2 Å². The van der Waals surface area contributed by atoms with E-state index in [0.29, 0.717) is 44.8 Å². The summed E-state index contributed by atoms with van der Waals surface area (Å²) in [6.07, 6.45) is -1.19. The molecule has 0 atom stereocenters. The first-order valence-electron chi connectivity index (χ1n) is 12.1. The van der Waals surface area contributed by atoms with Crippen molar-refractivity contribution in [3.05, 3.63) is 71.6 Å². The molecular weight excluding hydrogens is 444 g/mol. The minimum atomic E-state index is -4.60. The Labute approximate surface area is 199 Å². The summed E-state index contributed by atoms with van der Waals surface area (Å²) in [7, 11) is 0.